The number of amides is 2. The number of rotatable bonds is 7. The van der Waals surface area contributed by atoms with Gasteiger partial charge in [-0.05, 0) is 31.2 Å². The number of nitriles is 1. The lowest BCUT2D eigenvalue weighted by atomic mass is 10.0. The highest BCUT2D eigenvalue weighted by atomic mass is 16.5. The summed E-state index contributed by atoms with van der Waals surface area (Å²) >= 11 is 0. The summed E-state index contributed by atoms with van der Waals surface area (Å²) in [5.74, 6) is -1.04. The van der Waals surface area contributed by atoms with Gasteiger partial charge in [0.05, 0.1) is 12.7 Å². The lowest BCUT2D eigenvalue weighted by Crippen LogP contribution is -2.47. The Balaban J connectivity index is 1.69. The number of hydrogen-bond donors (Lipinski definition) is 1. The molecule has 28 heavy (non-hydrogen) atoms. The maximum Gasteiger partial charge on any atom is 0.328 e. The van der Waals surface area contributed by atoms with Crippen molar-refractivity contribution in [1.82, 2.24) is 10.2 Å². The number of carbonyl (C=O) groups excluding carboxylic acids is 3. The van der Waals surface area contributed by atoms with Gasteiger partial charge in [-0.2, -0.15) is 5.26 Å². The van der Waals surface area contributed by atoms with Crippen LogP contribution in [0.1, 0.15) is 50.6 Å². The van der Waals surface area contributed by atoms with Crippen molar-refractivity contribution in [3.05, 3.63) is 35.9 Å². The van der Waals surface area contributed by atoms with E-state index in [1.165, 1.54) is 11.8 Å². The van der Waals surface area contributed by atoms with E-state index < -0.39 is 18.1 Å². The third kappa shape index (κ3) is 4.50. The molecule has 1 saturated heterocycles. The molecule has 2 amide bonds. The van der Waals surface area contributed by atoms with Crippen molar-refractivity contribution in [3.8, 4) is 6.07 Å². The first kappa shape index (κ1) is 19.9. The number of benzene rings is 1. The summed E-state index contributed by atoms with van der Waals surface area (Å²) in [6.07, 6.45) is 3.40. The second-order valence-electron chi connectivity index (χ2n) is 7.68. The van der Waals surface area contributed by atoms with E-state index in [-0.39, 0.29) is 23.8 Å². The lowest BCUT2D eigenvalue weighted by molar-refractivity contribution is -0.155. The van der Waals surface area contributed by atoms with Crippen molar-refractivity contribution >= 4 is 17.8 Å². The first-order chi connectivity index (χ1) is 13.5. The van der Waals surface area contributed by atoms with E-state index in [0.29, 0.717) is 31.4 Å². The molecule has 2 unspecified atom stereocenters. The van der Waals surface area contributed by atoms with Gasteiger partial charge in [0.2, 0.25) is 5.91 Å². The molecular formula is C21H25N3O4. The minimum absolute atomic E-state index is 0.194. The van der Waals surface area contributed by atoms with Crippen molar-refractivity contribution < 1.29 is 19.1 Å². The van der Waals surface area contributed by atoms with E-state index >= 15 is 0 Å². The van der Waals surface area contributed by atoms with Crippen LogP contribution >= 0.6 is 0 Å². The molecule has 0 spiro atoms. The molecule has 1 N–H and O–H groups in total. The molecule has 2 fully saturated rings. The van der Waals surface area contributed by atoms with E-state index in [1.54, 1.807) is 24.3 Å². The molecule has 1 aromatic carbocycles. The van der Waals surface area contributed by atoms with Crippen molar-refractivity contribution in [2.75, 3.05) is 13.2 Å². The molecule has 2 aliphatic rings. The zero-order valence-electron chi connectivity index (χ0n) is 16.0. The minimum Gasteiger partial charge on any atom is -0.464 e. The number of carbonyl (C=O) groups is 3. The van der Waals surface area contributed by atoms with Crippen LogP contribution in [-0.4, -0.2) is 41.9 Å². The van der Waals surface area contributed by atoms with Gasteiger partial charge in [-0.1, -0.05) is 30.3 Å². The van der Waals surface area contributed by atoms with Crippen LogP contribution in [0.3, 0.4) is 0 Å². The Bertz CT molecular complexity index is 783. The summed E-state index contributed by atoms with van der Waals surface area (Å²) in [6.45, 7) is 2.04. The van der Waals surface area contributed by atoms with Gasteiger partial charge in [0.15, 0.2) is 0 Å². The Hall–Kier alpha value is -2.88. The van der Waals surface area contributed by atoms with Gasteiger partial charge < -0.3 is 15.0 Å². The first-order valence-corrected chi connectivity index (χ1v) is 9.62. The Labute approximate surface area is 164 Å². The normalized spacial score (nSPS) is 20.7. The standard InChI is InChI=1S/C21H25N3O4/c1-15(25)23-18(16-6-3-2-4-7-16)19(26)24-13-5-8-17(24)20(27)28-14-21(9-10-21)11-12-22/h2-4,6-7,17-18H,5,8-11,13-14H2,1H3,(H,23,25). The zero-order valence-corrected chi connectivity index (χ0v) is 16.0. The summed E-state index contributed by atoms with van der Waals surface area (Å²) in [5, 5.41) is 11.6. The largest absolute Gasteiger partial charge is 0.464 e. The van der Waals surface area contributed by atoms with Crippen LogP contribution in [0.5, 0.6) is 0 Å². The zero-order chi connectivity index (χ0) is 20.1. The molecule has 7 nitrogen and oxygen atoms in total. The smallest absolute Gasteiger partial charge is 0.328 e. The van der Waals surface area contributed by atoms with Crippen LogP contribution in [0.25, 0.3) is 0 Å². The van der Waals surface area contributed by atoms with Crippen LogP contribution in [0.2, 0.25) is 0 Å². The molecule has 0 aromatic heterocycles. The molecule has 3 rings (SSSR count). The average molecular weight is 383 g/mol. The number of hydrogen-bond acceptors (Lipinski definition) is 5. The van der Waals surface area contributed by atoms with Crippen LogP contribution in [-0.2, 0) is 19.1 Å². The fourth-order valence-corrected chi connectivity index (χ4v) is 3.61. The average Bonchev–Trinajstić information content (AvgIpc) is 3.27. The minimum atomic E-state index is -0.833. The van der Waals surface area contributed by atoms with Crippen molar-refractivity contribution in [2.45, 2.75) is 51.1 Å². The Morgan fingerprint density at radius 3 is 2.64 bits per heavy atom. The van der Waals surface area contributed by atoms with Crippen molar-refractivity contribution in [3.63, 3.8) is 0 Å². The summed E-state index contributed by atoms with van der Waals surface area (Å²) in [6, 6.07) is 9.67. The molecule has 1 aliphatic heterocycles. The van der Waals surface area contributed by atoms with E-state index in [4.69, 9.17) is 10.00 Å². The van der Waals surface area contributed by atoms with E-state index in [9.17, 15) is 14.4 Å². The van der Waals surface area contributed by atoms with Crippen molar-refractivity contribution in [1.29, 1.82) is 5.26 Å². The molecule has 1 aliphatic carbocycles. The van der Waals surface area contributed by atoms with Gasteiger partial charge in [0.1, 0.15) is 12.1 Å². The second-order valence-corrected chi connectivity index (χ2v) is 7.68. The third-order valence-corrected chi connectivity index (χ3v) is 5.47. The molecule has 0 radical (unpaired) electrons. The van der Waals surface area contributed by atoms with Crippen LogP contribution in [0.15, 0.2) is 30.3 Å². The number of esters is 1. The fraction of sp³-hybridized carbons (Fsp3) is 0.524. The quantitative estimate of drug-likeness (QED) is 0.727. The monoisotopic (exact) mass is 383 g/mol. The van der Waals surface area contributed by atoms with Crippen LogP contribution in [0.4, 0.5) is 0 Å². The highest BCUT2D eigenvalue weighted by Gasteiger charge is 2.45. The summed E-state index contributed by atoms with van der Waals surface area (Å²) in [5.41, 5.74) is 0.480. The molecule has 1 heterocycles. The van der Waals surface area contributed by atoms with Gasteiger partial charge in [-0.25, -0.2) is 4.79 Å². The lowest BCUT2D eigenvalue weighted by Gasteiger charge is -2.28. The Morgan fingerprint density at radius 2 is 2.04 bits per heavy atom. The highest BCUT2D eigenvalue weighted by molar-refractivity contribution is 5.91. The number of ether oxygens (including phenoxy) is 1. The maximum absolute atomic E-state index is 13.2. The van der Waals surface area contributed by atoms with Gasteiger partial charge >= 0.3 is 5.97 Å². The van der Waals surface area contributed by atoms with E-state index in [2.05, 4.69) is 11.4 Å². The first-order valence-electron chi connectivity index (χ1n) is 9.62. The highest BCUT2D eigenvalue weighted by Crippen LogP contribution is 2.48. The second kappa shape index (κ2) is 8.42. The SMILES string of the molecule is CC(=O)NC(C(=O)N1CCCC1C(=O)OCC1(CC#N)CC1)c1ccccc1. The summed E-state index contributed by atoms with van der Waals surface area (Å²) < 4.78 is 5.48. The predicted octanol–water partition coefficient (Wildman–Crippen LogP) is 2.09. The molecular weight excluding hydrogens is 358 g/mol. The number of nitrogens with one attached hydrogen (secondary N) is 1. The Kier molecular flexibility index (Phi) is 5.98. The molecule has 7 heteroatoms. The third-order valence-electron chi connectivity index (χ3n) is 5.47. The van der Waals surface area contributed by atoms with Gasteiger partial charge in [-0.3, -0.25) is 9.59 Å². The molecule has 1 saturated carbocycles. The summed E-state index contributed by atoms with van der Waals surface area (Å²) in [7, 11) is 0. The fourth-order valence-electron chi connectivity index (χ4n) is 3.61. The maximum atomic E-state index is 13.2. The summed E-state index contributed by atoms with van der Waals surface area (Å²) in [4.78, 5) is 39.0. The predicted molar refractivity (Wildman–Crippen MR) is 101 cm³/mol. The van der Waals surface area contributed by atoms with Crippen LogP contribution in [0, 0.1) is 16.7 Å². The van der Waals surface area contributed by atoms with Gasteiger partial charge in [0.25, 0.3) is 5.91 Å². The van der Waals surface area contributed by atoms with Crippen molar-refractivity contribution in [2.24, 2.45) is 5.41 Å². The number of likely N-dealkylation sites (tertiary alicyclic amines) is 1. The van der Waals surface area contributed by atoms with Gasteiger partial charge in [0, 0.05) is 25.3 Å². The van der Waals surface area contributed by atoms with Gasteiger partial charge in [-0.15, -0.1) is 0 Å². The molecule has 2 atom stereocenters. The Morgan fingerprint density at radius 1 is 1.32 bits per heavy atom. The topological polar surface area (TPSA) is 99.5 Å². The van der Waals surface area contributed by atoms with Crippen LogP contribution < -0.4 is 5.32 Å². The number of nitrogens with zero attached hydrogens (tertiary/aromatic N) is 2. The molecule has 0 bridgehead atoms. The van der Waals surface area contributed by atoms with E-state index in [0.717, 1.165) is 12.8 Å². The molecule has 148 valence electrons. The van der Waals surface area contributed by atoms with E-state index in [1.807, 2.05) is 6.07 Å². The molecule has 1 aromatic rings.